The smallest absolute Gasteiger partial charge is 0.320 e. The van der Waals surface area contributed by atoms with E-state index < -0.39 is 37.8 Å². The molecule has 0 radical (unpaired) electrons. The van der Waals surface area contributed by atoms with E-state index in [-0.39, 0.29) is 124 Å². The second-order valence-corrected chi connectivity index (χ2v) is 31.1. The largest absolute Gasteiger partial charge is 0.463 e. The Hall–Kier alpha value is -11.5. The van der Waals surface area contributed by atoms with Gasteiger partial charge in [-0.05, 0) is 174 Å². The van der Waals surface area contributed by atoms with Crippen LogP contribution in [0.1, 0.15) is 205 Å². The van der Waals surface area contributed by atoms with Crippen LogP contribution in [0.3, 0.4) is 0 Å². The van der Waals surface area contributed by atoms with Crippen LogP contribution in [-0.2, 0) is 71.5 Å². The molecule has 4 aromatic carbocycles. The molecule has 8 aromatic rings. The first-order valence-corrected chi connectivity index (χ1v) is 42.5. The first-order valence-electron chi connectivity index (χ1n) is 45.6. The molecular weight excluding hydrogens is 1560 g/mol. The molecule has 0 aliphatic carbocycles. The monoisotopic (exact) mass is 1700 g/mol. The summed E-state index contributed by atoms with van der Waals surface area (Å²) < 4.78 is 74.1. The van der Waals surface area contributed by atoms with Gasteiger partial charge in [0.25, 0.3) is 0 Å². The second-order valence-electron chi connectivity index (χ2n) is 31.1. The molecule has 0 spiro atoms. The average molecular weight is 1700 g/mol. The van der Waals surface area contributed by atoms with Crippen molar-refractivity contribution in [3.8, 4) is 24.0 Å². The maximum absolute atomic E-state index is 12.5. The first kappa shape index (κ1) is 85.1. The lowest BCUT2D eigenvalue weighted by molar-refractivity contribution is -0.116. The van der Waals surface area contributed by atoms with Crippen molar-refractivity contribution in [1.29, 1.82) is 0 Å². The van der Waals surface area contributed by atoms with Crippen LogP contribution in [0, 0.1) is 0 Å². The number of amides is 4. The van der Waals surface area contributed by atoms with E-state index in [4.69, 9.17) is 50.1 Å². The molecule has 4 fully saturated rings. The van der Waals surface area contributed by atoms with E-state index in [1.807, 2.05) is 62.4 Å². The highest BCUT2D eigenvalue weighted by atomic mass is 16.5. The molecule has 664 valence electrons. The number of hydrogen-bond acceptors (Lipinski definition) is 28. The minimum atomic E-state index is -2.30. The summed E-state index contributed by atoms with van der Waals surface area (Å²) in [4.78, 5) is 99.4. The molecule has 8 aliphatic heterocycles. The van der Waals surface area contributed by atoms with Crippen LogP contribution in [0.25, 0.3) is 0 Å². The average Bonchev–Trinajstić information content (AvgIpc) is 1.72. The van der Waals surface area contributed by atoms with E-state index in [0.717, 1.165) is 152 Å². The number of rotatable bonds is 32. The SMILES string of the molecule is C.C.C.[2H]C([2H])(c1ccc(CN2CCCC2)cc1)N1CC(=O)Nc2c(N)nc(OCCCC)nc21.[2H]C(c1ccc(CN2CCCC2)cc1)N1CC(=O)Nc2c(N)nc(OCCCC)nc21.[2H]C1([2H])C(=O)Nc2c(N)nc(OCCCC)nc2N1Cc1ccc(CN2CCCC2)cc1.[2H]C1C(=O)Nc2c(N)nc(OCCCC)nc2N1Cc1ccc(CN2CCCC2)cc1. The van der Waals surface area contributed by atoms with Crippen LogP contribution in [0.15, 0.2) is 97.1 Å². The molecule has 0 bridgehead atoms. The van der Waals surface area contributed by atoms with Crippen LogP contribution in [-0.4, -0.2) is 188 Å². The maximum atomic E-state index is 12.5. The van der Waals surface area contributed by atoms with Crippen molar-refractivity contribution < 1.29 is 46.4 Å². The number of carbonyl (C=O) groups is 4. The highest BCUT2D eigenvalue weighted by Gasteiger charge is 2.33. The number of nitrogens with two attached hydrogens (primary N) is 4. The van der Waals surface area contributed by atoms with Crippen molar-refractivity contribution in [3.05, 3.63) is 142 Å². The minimum absolute atomic E-state index is 0. The molecule has 16 rings (SSSR count). The topological polar surface area (TPSA) is 386 Å². The number of nitrogens with one attached hydrogen (secondary N) is 4. The predicted octanol–water partition coefficient (Wildman–Crippen LogP) is 13.1. The van der Waals surface area contributed by atoms with E-state index in [9.17, 15) is 19.2 Å². The van der Waals surface area contributed by atoms with Crippen molar-refractivity contribution in [2.45, 2.75) is 205 Å². The maximum Gasteiger partial charge on any atom is 0.320 e. The second kappa shape index (κ2) is 46.7. The number of likely N-dealkylation sites (tertiary alicyclic amines) is 4. The van der Waals surface area contributed by atoms with Crippen molar-refractivity contribution >= 4 is 92.9 Å². The molecule has 123 heavy (non-hydrogen) atoms. The van der Waals surface area contributed by atoms with Gasteiger partial charge in [0.15, 0.2) is 46.5 Å². The van der Waals surface area contributed by atoms with Gasteiger partial charge in [-0.15, -0.1) is 0 Å². The zero-order valence-corrected chi connectivity index (χ0v) is 69.6. The summed E-state index contributed by atoms with van der Waals surface area (Å²) in [5, 5.41) is 10.6. The zero-order chi connectivity index (χ0) is 89.0. The minimum Gasteiger partial charge on any atom is -0.463 e. The van der Waals surface area contributed by atoms with E-state index >= 15 is 0 Å². The van der Waals surface area contributed by atoms with Gasteiger partial charge in [-0.25, -0.2) is 0 Å². The Kier molecular flexibility index (Phi) is 32.3. The molecule has 2 unspecified atom stereocenters. The molecule has 0 saturated carbocycles. The van der Waals surface area contributed by atoms with Crippen LogP contribution in [0.2, 0.25) is 0 Å². The predicted molar refractivity (Wildman–Crippen MR) is 490 cm³/mol. The number of anilines is 12. The van der Waals surface area contributed by atoms with Crippen LogP contribution in [0.5, 0.6) is 24.0 Å². The van der Waals surface area contributed by atoms with Crippen LogP contribution >= 0.6 is 0 Å². The van der Waals surface area contributed by atoms with Crippen molar-refractivity contribution in [3.63, 3.8) is 0 Å². The standard InChI is InChI=1S/4C22H30N6O2.3CH4/c4*1-2-3-12-30-22-25-20(23)19-21(26-22)28(15-18(29)24-19)14-17-8-6-16(7-9-17)13-27-10-4-5-11-27;;;/h4*6-9H,2-5,10-15H2,1H3,(H,24,29)(H2,23,25,26);3*1H4/i15D2;15D;14D2;14D;;;. The van der Waals surface area contributed by atoms with Crippen molar-refractivity contribution in [2.24, 2.45) is 0 Å². The molecule has 32 nitrogen and oxygen atoms in total. The third-order valence-corrected chi connectivity index (χ3v) is 21.4. The van der Waals surface area contributed by atoms with Gasteiger partial charge >= 0.3 is 24.0 Å². The van der Waals surface area contributed by atoms with E-state index in [0.29, 0.717) is 61.5 Å². The van der Waals surface area contributed by atoms with Gasteiger partial charge in [-0.2, -0.15) is 39.9 Å². The summed E-state index contributed by atoms with van der Waals surface area (Å²) in [6, 6.07) is 32.4. The van der Waals surface area contributed by atoms with Crippen molar-refractivity contribution in [2.75, 3.05) is 169 Å². The number of benzene rings is 4. The molecule has 4 saturated heterocycles. The summed E-state index contributed by atoms with van der Waals surface area (Å²) in [5.74, 6) is -0.215. The number of ether oxygens (including phenoxy) is 4. The fourth-order valence-corrected chi connectivity index (χ4v) is 14.9. The number of fused-ring (bicyclic) bond motifs is 4. The molecule has 32 heteroatoms. The van der Waals surface area contributed by atoms with Gasteiger partial charge in [0.05, 0.1) is 60.8 Å². The van der Waals surface area contributed by atoms with Crippen LogP contribution < -0.4 is 82.7 Å². The summed E-state index contributed by atoms with van der Waals surface area (Å²) in [6.45, 7) is 17.0. The van der Waals surface area contributed by atoms with Gasteiger partial charge in [0.1, 0.15) is 22.7 Å². The fraction of sp³-hybridized carbons (Fsp3) is 0.516. The van der Waals surface area contributed by atoms with E-state index in [1.165, 1.54) is 77.9 Å². The van der Waals surface area contributed by atoms with Gasteiger partial charge in [-0.3, -0.25) is 38.8 Å². The number of hydrogen-bond donors (Lipinski definition) is 8. The number of unbranched alkanes of at least 4 members (excludes halogenated alkanes) is 4. The number of carbonyl (C=O) groups excluding carboxylic acids is 4. The van der Waals surface area contributed by atoms with Crippen LogP contribution in [0.4, 0.5) is 69.3 Å². The van der Waals surface area contributed by atoms with Gasteiger partial charge in [0, 0.05) is 52.3 Å². The lowest BCUT2D eigenvalue weighted by atomic mass is 10.1. The Labute approximate surface area is 734 Å². The van der Waals surface area contributed by atoms with Gasteiger partial charge in [-0.1, -0.05) is 173 Å². The van der Waals surface area contributed by atoms with Gasteiger partial charge in [0.2, 0.25) is 23.6 Å². The first-order chi connectivity index (χ1) is 60.9. The Morgan fingerprint density at radius 3 is 0.927 bits per heavy atom. The Balaban J connectivity index is 0.000000178. The Morgan fingerprint density at radius 2 is 0.593 bits per heavy atom. The third-order valence-electron chi connectivity index (χ3n) is 21.4. The fourth-order valence-electron chi connectivity index (χ4n) is 14.9. The molecule has 2 atom stereocenters. The quantitative estimate of drug-likeness (QED) is 0.0182. The lowest BCUT2D eigenvalue weighted by Crippen LogP contribution is -2.39. The highest BCUT2D eigenvalue weighted by Crippen LogP contribution is 2.39. The molecule has 12 N–H and O–H groups in total. The van der Waals surface area contributed by atoms with Gasteiger partial charge < -0.3 is 82.7 Å². The van der Waals surface area contributed by atoms with Crippen molar-refractivity contribution in [1.82, 2.24) is 59.5 Å². The number of nitrogens with zero attached hydrogens (tertiary/aromatic N) is 16. The summed E-state index contributed by atoms with van der Waals surface area (Å²) in [6.07, 6.45) is 17.4. The number of aromatic nitrogens is 8. The zero-order valence-electron chi connectivity index (χ0n) is 75.6. The molecule has 4 aromatic heterocycles. The summed E-state index contributed by atoms with van der Waals surface area (Å²) >= 11 is 0. The Morgan fingerprint density at radius 1 is 0.333 bits per heavy atom. The third kappa shape index (κ3) is 26.8. The lowest BCUT2D eigenvalue weighted by Gasteiger charge is -2.30. The summed E-state index contributed by atoms with van der Waals surface area (Å²) in [7, 11) is 0. The molecule has 4 amide bonds. The number of nitrogen functional groups attached to an aromatic ring is 4. The highest BCUT2D eigenvalue weighted by molar-refractivity contribution is 6.05. The normalized spacial score (nSPS) is 18.1. The van der Waals surface area contributed by atoms with E-state index in [2.05, 4.69) is 131 Å². The molecule has 12 heterocycles. The molecular formula is C91H132N24O8. The summed E-state index contributed by atoms with van der Waals surface area (Å²) in [5.41, 5.74) is 33.3. The Bertz CT molecular complexity index is 4880. The van der Waals surface area contributed by atoms with E-state index in [1.54, 1.807) is 21.9 Å². The molecule has 8 aliphatic rings.